The van der Waals surface area contributed by atoms with Gasteiger partial charge in [-0.1, -0.05) is 17.9 Å². The second kappa shape index (κ2) is 6.69. The highest BCUT2D eigenvalue weighted by atomic mass is 32.1. The third-order valence-electron chi connectivity index (χ3n) is 2.32. The first-order chi connectivity index (χ1) is 9.29. The molecule has 19 heavy (non-hydrogen) atoms. The number of aliphatic hydroxyl groups excluding tert-OH is 1. The summed E-state index contributed by atoms with van der Waals surface area (Å²) in [6.07, 6.45) is 1.71. The Balaban J connectivity index is 2.02. The Morgan fingerprint density at radius 1 is 1.47 bits per heavy atom. The van der Waals surface area contributed by atoms with Crippen molar-refractivity contribution in [1.82, 2.24) is 10.3 Å². The molecule has 0 radical (unpaired) electrons. The van der Waals surface area contributed by atoms with Crippen molar-refractivity contribution in [3.05, 3.63) is 52.0 Å². The molecule has 0 spiro atoms. The maximum absolute atomic E-state index is 11.9. The Morgan fingerprint density at radius 3 is 3.11 bits per heavy atom. The molecule has 0 bridgehead atoms. The van der Waals surface area contributed by atoms with Gasteiger partial charge in [-0.15, -0.1) is 11.3 Å². The zero-order valence-electron chi connectivity index (χ0n) is 10.1. The van der Waals surface area contributed by atoms with Gasteiger partial charge in [-0.2, -0.15) is 0 Å². The zero-order chi connectivity index (χ0) is 13.5. The van der Waals surface area contributed by atoms with Crippen LogP contribution in [0.5, 0.6) is 0 Å². The smallest absolute Gasteiger partial charge is 0.251 e. The molecule has 0 saturated heterocycles. The first kappa shape index (κ1) is 13.3. The molecule has 4 nitrogen and oxygen atoms in total. The maximum Gasteiger partial charge on any atom is 0.251 e. The Hall–Kier alpha value is -2.16. The van der Waals surface area contributed by atoms with Gasteiger partial charge in [-0.25, -0.2) is 4.98 Å². The van der Waals surface area contributed by atoms with Gasteiger partial charge in [0.05, 0.1) is 6.54 Å². The van der Waals surface area contributed by atoms with Crippen molar-refractivity contribution in [3.8, 4) is 11.8 Å². The molecule has 2 aromatic rings. The molecular weight excluding hydrogens is 260 g/mol. The molecule has 0 saturated carbocycles. The van der Waals surface area contributed by atoms with E-state index in [9.17, 15) is 4.79 Å². The van der Waals surface area contributed by atoms with E-state index in [-0.39, 0.29) is 12.5 Å². The lowest BCUT2D eigenvalue weighted by Crippen LogP contribution is -2.22. The van der Waals surface area contributed by atoms with E-state index < -0.39 is 0 Å². The van der Waals surface area contributed by atoms with E-state index in [4.69, 9.17) is 5.11 Å². The highest BCUT2D eigenvalue weighted by Crippen LogP contribution is 2.06. The summed E-state index contributed by atoms with van der Waals surface area (Å²) in [6, 6.07) is 6.97. The number of aromatic nitrogens is 1. The Bertz CT molecular complexity index is 612. The topological polar surface area (TPSA) is 62.2 Å². The van der Waals surface area contributed by atoms with Crippen molar-refractivity contribution < 1.29 is 9.90 Å². The molecule has 2 N–H and O–H groups in total. The van der Waals surface area contributed by atoms with Crippen molar-refractivity contribution in [2.75, 3.05) is 6.61 Å². The van der Waals surface area contributed by atoms with Gasteiger partial charge in [0.25, 0.3) is 5.91 Å². The summed E-state index contributed by atoms with van der Waals surface area (Å²) in [7, 11) is 0. The minimum Gasteiger partial charge on any atom is -0.384 e. The predicted octanol–water partition coefficient (Wildman–Crippen LogP) is 1.42. The van der Waals surface area contributed by atoms with E-state index in [0.717, 1.165) is 5.01 Å². The number of carbonyl (C=O) groups is 1. The van der Waals surface area contributed by atoms with Gasteiger partial charge in [-0.3, -0.25) is 4.79 Å². The van der Waals surface area contributed by atoms with Crippen molar-refractivity contribution in [1.29, 1.82) is 0 Å². The SMILES string of the molecule is O=C(NCc1nccs1)c1cccc(C#CCO)c1. The van der Waals surface area contributed by atoms with Gasteiger partial charge < -0.3 is 10.4 Å². The molecule has 1 heterocycles. The molecule has 0 unspecified atom stereocenters. The van der Waals surface area contributed by atoms with Crippen LogP contribution in [0.3, 0.4) is 0 Å². The van der Waals surface area contributed by atoms with Gasteiger partial charge in [0, 0.05) is 22.7 Å². The molecule has 1 aromatic heterocycles. The van der Waals surface area contributed by atoms with Crippen LogP contribution in [0, 0.1) is 11.8 Å². The molecule has 1 aromatic carbocycles. The van der Waals surface area contributed by atoms with Gasteiger partial charge in [0.2, 0.25) is 0 Å². The largest absolute Gasteiger partial charge is 0.384 e. The quantitative estimate of drug-likeness (QED) is 0.831. The standard InChI is InChI=1S/C14H12N2O2S/c17-7-2-4-11-3-1-5-12(9-11)14(18)16-10-13-15-6-8-19-13/h1,3,5-6,8-9,17H,7,10H2,(H,16,18). The number of hydrogen-bond donors (Lipinski definition) is 2. The maximum atomic E-state index is 11.9. The monoisotopic (exact) mass is 272 g/mol. The average Bonchev–Trinajstić information content (AvgIpc) is 2.96. The van der Waals surface area contributed by atoms with Gasteiger partial charge >= 0.3 is 0 Å². The minimum atomic E-state index is -0.194. The first-order valence-electron chi connectivity index (χ1n) is 5.66. The third-order valence-corrected chi connectivity index (χ3v) is 3.10. The molecule has 0 atom stereocenters. The normalized spacial score (nSPS) is 9.53. The number of hydrogen-bond acceptors (Lipinski definition) is 4. The van der Waals surface area contributed by atoms with Crippen molar-refractivity contribution >= 4 is 17.2 Å². The van der Waals surface area contributed by atoms with Crippen LogP contribution < -0.4 is 5.32 Å². The van der Waals surface area contributed by atoms with Crippen LogP contribution in [-0.4, -0.2) is 22.6 Å². The highest BCUT2D eigenvalue weighted by Gasteiger charge is 2.06. The Kier molecular flexibility index (Phi) is 4.67. The molecule has 0 fully saturated rings. The van der Waals surface area contributed by atoms with E-state index in [1.165, 1.54) is 11.3 Å². The minimum absolute atomic E-state index is 0.164. The second-order valence-electron chi connectivity index (χ2n) is 3.65. The third kappa shape index (κ3) is 3.91. The van der Waals surface area contributed by atoms with E-state index in [1.807, 2.05) is 5.38 Å². The lowest BCUT2D eigenvalue weighted by Gasteiger charge is -2.03. The Morgan fingerprint density at radius 2 is 2.37 bits per heavy atom. The fourth-order valence-corrected chi connectivity index (χ4v) is 2.03. The second-order valence-corrected chi connectivity index (χ2v) is 4.63. The van der Waals surface area contributed by atoms with Gasteiger partial charge in [-0.05, 0) is 18.2 Å². The lowest BCUT2D eigenvalue weighted by atomic mass is 10.1. The number of benzene rings is 1. The first-order valence-corrected chi connectivity index (χ1v) is 6.54. The van der Waals surface area contributed by atoms with Crippen LogP contribution >= 0.6 is 11.3 Å². The van der Waals surface area contributed by atoms with Crippen molar-refractivity contribution in [2.45, 2.75) is 6.54 Å². The average molecular weight is 272 g/mol. The summed E-state index contributed by atoms with van der Waals surface area (Å²) < 4.78 is 0. The van der Waals surface area contributed by atoms with Crippen LogP contribution in [0.25, 0.3) is 0 Å². The zero-order valence-corrected chi connectivity index (χ0v) is 10.9. The van der Waals surface area contributed by atoms with Crippen LogP contribution in [0.4, 0.5) is 0 Å². The fourth-order valence-electron chi connectivity index (χ4n) is 1.48. The van der Waals surface area contributed by atoms with Crippen LogP contribution in [0.2, 0.25) is 0 Å². The van der Waals surface area contributed by atoms with Gasteiger partial charge in [0.1, 0.15) is 11.6 Å². The fraction of sp³-hybridized carbons (Fsp3) is 0.143. The van der Waals surface area contributed by atoms with Crippen molar-refractivity contribution in [2.24, 2.45) is 0 Å². The highest BCUT2D eigenvalue weighted by molar-refractivity contribution is 7.09. The number of aliphatic hydroxyl groups is 1. The number of rotatable bonds is 3. The molecule has 1 amide bonds. The number of amides is 1. The van der Waals surface area contributed by atoms with Crippen LogP contribution in [-0.2, 0) is 6.54 Å². The summed E-state index contributed by atoms with van der Waals surface area (Å²) in [4.78, 5) is 16.0. The summed E-state index contributed by atoms with van der Waals surface area (Å²) in [5.41, 5.74) is 1.25. The molecule has 0 aliphatic heterocycles. The van der Waals surface area contributed by atoms with E-state index in [0.29, 0.717) is 17.7 Å². The number of nitrogens with zero attached hydrogens (tertiary/aromatic N) is 1. The molecule has 5 heteroatoms. The summed E-state index contributed by atoms with van der Waals surface area (Å²) in [5.74, 6) is 5.16. The number of carbonyl (C=O) groups excluding carboxylic acids is 1. The summed E-state index contributed by atoms with van der Waals surface area (Å²) in [6.45, 7) is 0.226. The Labute approximate surface area is 115 Å². The molecular formula is C14H12N2O2S. The summed E-state index contributed by atoms with van der Waals surface area (Å²) >= 11 is 1.50. The number of nitrogens with one attached hydrogen (secondary N) is 1. The molecule has 2 rings (SSSR count). The van der Waals surface area contributed by atoms with E-state index in [1.54, 1.807) is 30.5 Å². The number of thiazole rings is 1. The molecule has 96 valence electrons. The molecule has 0 aliphatic rings. The lowest BCUT2D eigenvalue weighted by molar-refractivity contribution is 0.0951. The summed E-state index contributed by atoms with van der Waals surface area (Å²) in [5, 5.41) is 14.2. The van der Waals surface area contributed by atoms with Crippen molar-refractivity contribution in [3.63, 3.8) is 0 Å². The van der Waals surface area contributed by atoms with E-state index >= 15 is 0 Å². The van der Waals surface area contributed by atoms with Crippen LogP contribution in [0.1, 0.15) is 20.9 Å². The molecule has 0 aliphatic carbocycles. The predicted molar refractivity (Wildman–Crippen MR) is 73.7 cm³/mol. The van der Waals surface area contributed by atoms with Crippen LogP contribution in [0.15, 0.2) is 35.8 Å². The van der Waals surface area contributed by atoms with E-state index in [2.05, 4.69) is 22.1 Å². The van der Waals surface area contributed by atoms with Gasteiger partial charge in [0.15, 0.2) is 0 Å².